The minimum Gasteiger partial charge on any atom is -0.249 e. The van der Waals surface area contributed by atoms with E-state index in [0.717, 1.165) is 10.6 Å². The number of hydrogen-bond acceptors (Lipinski definition) is 2. The SMILES string of the molecule is Clc1ccc(-c2c(Cn3cncn3)cccc2-c2ccccc2)cc1. The molecule has 0 aliphatic carbocycles. The van der Waals surface area contributed by atoms with Gasteiger partial charge in [-0.3, -0.25) is 0 Å². The highest BCUT2D eigenvalue weighted by molar-refractivity contribution is 6.30. The molecule has 1 aromatic heterocycles. The van der Waals surface area contributed by atoms with Crippen LogP contribution in [0.15, 0.2) is 85.5 Å². The second-order valence-electron chi connectivity index (χ2n) is 5.81. The topological polar surface area (TPSA) is 30.7 Å². The number of aromatic nitrogens is 3. The maximum atomic E-state index is 6.09. The van der Waals surface area contributed by atoms with Gasteiger partial charge < -0.3 is 0 Å². The Labute approximate surface area is 151 Å². The minimum atomic E-state index is 0.665. The molecule has 3 aromatic carbocycles. The van der Waals surface area contributed by atoms with Crippen molar-refractivity contribution < 1.29 is 0 Å². The van der Waals surface area contributed by atoms with Gasteiger partial charge in [0.1, 0.15) is 12.7 Å². The summed E-state index contributed by atoms with van der Waals surface area (Å²) in [5, 5.41) is 4.98. The molecule has 3 nitrogen and oxygen atoms in total. The van der Waals surface area contributed by atoms with E-state index in [9.17, 15) is 0 Å². The van der Waals surface area contributed by atoms with Crippen molar-refractivity contribution >= 4 is 11.6 Å². The summed E-state index contributed by atoms with van der Waals surface area (Å²) in [4.78, 5) is 4.05. The van der Waals surface area contributed by atoms with Crippen molar-refractivity contribution in [3.05, 3.63) is 96.0 Å². The minimum absolute atomic E-state index is 0.665. The lowest BCUT2D eigenvalue weighted by molar-refractivity contribution is 0.686. The molecule has 0 atom stereocenters. The van der Waals surface area contributed by atoms with Crippen LogP contribution in [0.2, 0.25) is 5.02 Å². The fourth-order valence-electron chi connectivity index (χ4n) is 3.04. The molecule has 0 saturated carbocycles. The zero-order valence-electron chi connectivity index (χ0n) is 13.5. The van der Waals surface area contributed by atoms with Crippen LogP contribution >= 0.6 is 11.6 Å². The Bertz CT molecular complexity index is 962. The van der Waals surface area contributed by atoms with Crippen molar-refractivity contribution in [2.24, 2.45) is 0 Å². The van der Waals surface area contributed by atoms with E-state index in [0.29, 0.717) is 6.54 Å². The largest absolute Gasteiger partial charge is 0.249 e. The number of benzene rings is 3. The second kappa shape index (κ2) is 6.91. The highest BCUT2D eigenvalue weighted by Crippen LogP contribution is 2.35. The molecular formula is C21H16ClN3. The molecule has 0 radical (unpaired) electrons. The highest BCUT2D eigenvalue weighted by atomic mass is 35.5. The van der Waals surface area contributed by atoms with Crippen LogP contribution in [0.3, 0.4) is 0 Å². The molecule has 25 heavy (non-hydrogen) atoms. The summed E-state index contributed by atoms with van der Waals surface area (Å²) in [6.45, 7) is 0.665. The molecule has 0 spiro atoms. The third-order valence-corrected chi connectivity index (χ3v) is 4.42. The Hall–Kier alpha value is -2.91. The number of halogens is 1. The fourth-order valence-corrected chi connectivity index (χ4v) is 3.16. The molecule has 0 aliphatic rings. The van der Waals surface area contributed by atoms with Crippen LogP contribution in [-0.4, -0.2) is 14.8 Å². The summed E-state index contributed by atoms with van der Waals surface area (Å²) < 4.78 is 1.84. The van der Waals surface area contributed by atoms with E-state index in [4.69, 9.17) is 11.6 Å². The lowest BCUT2D eigenvalue weighted by Crippen LogP contribution is -2.03. The van der Waals surface area contributed by atoms with Gasteiger partial charge in [-0.05, 0) is 39.9 Å². The van der Waals surface area contributed by atoms with E-state index in [1.807, 2.05) is 22.9 Å². The Morgan fingerprint density at radius 2 is 1.60 bits per heavy atom. The van der Waals surface area contributed by atoms with Gasteiger partial charge >= 0.3 is 0 Å². The first-order valence-corrected chi connectivity index (χ1v) is 8.45. The molecule has 4 rings (SSSR count). The number of nitrogens with zero attached hydrogens (tertiary/aromatic N) is 3. The van der Waals surface area contributed by atoms with Crippen LogP contribution in [-0.2, 0) is 6.54 Å². The normalized spacial score (nSPS) is 10.8. The van der Waals surface area contributed by atoms with Crippen molar-refractivity contribution in [3.8, 4) is 22.3 Å². The molecule has 0 unspecified atom stereocenters. The summed E-state index contributed by atoms with van der Waals surface area (Å²) in [5.74, 6) is 0. The van der Waals surface area contributed by atoms with Gasteiger partial charge in [-0.15, -0.1) is 0 Å². The molecule has 0 saturated heterocycles. The Balaban J connectivity index is 1.91. The van der Waals surface area contributed by atoms with E-state index in [-0.39, 0.29) is 0 Å². The summed E-state index contributed by atoms with van der Waals surface area (Å²) in [7, 11) is 0. The van der Waals surface area contributed by atoms with Gasteiger partial charge in [-0.2, -0.15) is 5.10 Å². The predicted molar refractivity (Wildman–Crippen MR) is 101 cm³/mol. The van der Waals surface area contributed by atoms with E-state index in [2.05, 4.69) is 64.7 Å². The van der Waals surface area contributed by atoms with Crippen molar-refractivity contribution in [1.82, 2.24) is 14.8 Å². The summed E-state index contributed by atoms with van der Waals surface area (Å²) in [6.07, 6.45) is 3.30. The molecule has 4 aromatic rings. The maximum absolute atomic E-state index is 6.09. The quantitative estimate of drug-likeness (QED) is 0.501. The van der Waals surface area contributed by atoms with Gasteiger partial charge in [-0.25, -0.2) is 9.67 Å². The average Bonchev–Trinajstić information content (AvgIpc) is 3.16. The number of hydrogen-bond donors (Lipinski definition) is 0. The van der Waals surface area contributed by atoms with E-state index in [1.54, 1.807) is 12.7 Å². The van der Waals surface area contributed by atoms with Gasteiger partial charge in [0.15, 0.2) is 0 Å². The lowest BCUT2D eigenvalue weighted by atomic mass is 9.90. The highest BCUT2D eigenvalue weighted by Gasteiger charge is 2.13. The van der Waals surface area contributed by atoms with E-state index in [1.165, 1.54) is 22.3 Å². The van der Waals surface area contributed by atoms with Crippen molar-refractivity contribution in [1.29, 1.82) is 0 Å². The zero-order chi connectivity index (χ0) is 17.1. The smallest absolute Gasteiger partial charge is 0.137 e. The van der Waals surface area contributed by atoms with Crippen LogP contribution in [0, 0.1) is 0 Å². The third kappa shape index (κ3) is 3.32. The van der Waals surface area contributed by atoms with Crippen LogP contribution in [0.25, 0.3) is 22.3 Å². The van der Waals surface area contributed by atoms with Crippen LogP contribution in [0.5, 0.6) is 0 Å². The standard InChI is InChI=1S/C21H16ClN3/c22-19-11-9-17(10-12-19)21-18(13-25-15-23-14-24-25)7-4-8-20(21)16-5-2-1-3-6-16/h1-12,14-15H,13H2. The van der Waals surface area contributed by atoms with Crippen LogP contribution in [0.1, 0.15) is 5.56 Å². The molecule has 0 N–H and O–H groups in total. The van der Waals surface area contributed by atoms with Gasteiger partial charge in [0.2, 0.25) is 0 Å². The van der Waals surface area contributed by atoms with Crippen molar-refractivity contribution in [2.75, 3.05) is 0 Å². The molecule has 0 amide bonds. The maximum Gasteiger partial charge on any atom is 0.137 e. The third-order valence-electron chi connectivity index (χ3n) is 4.17. The molecular weight excluding hydrogens is 330 g/mol. The second-order valence-corrected chi connectivity index (χ2v) is 6.24. The Kier molecular flexibility index (Phi) is 4.32. The molecule has 0 fully saturated rings. The molecule has 0 bridgehead atoms. The molecule has 4 heteroatoms. The summed E-state index contributed by atoms with van der Waals surface area (Å²) >= 11 is 6.09. The van der Waals surface area contributed by atoms with Crippen LogP contribution in [0.4, 0.5) is 0 Å². The molecule has 122 valence electrons. The molecule has 1 heterocycles. The number of rotatable bonds is 4. The Morgan fingerprint density at radius 1 is 0.800 bits per heavy atom. The predicted octanol–water partition coefficient (Wildman–Crippen LogP) is 5.31. The monoisotopic (exact) mass is 345 g/mol. The van der Waals surface area contributed by atoms with E-state index >= 15 is 0 Å². The first-order valence-electron chi connectivity index (χ1n) is 8.07. The lowest BCUT2D eigenvalue weighted by Gasteiger charge is -2.16. The summed E-state index contributed by atoms with van der Waals surface area (Å²) in [5.41, 5.74) is 5.91. The van der Waals surface area contributed by atoms with Crippen molar-refractivity contribution in [3.63, 3.8) is 0 Å². The Morgan fingerprint density at radius 3 is 2.32 bits per heavy atom. The van der Waals surface area contributed by atoms with Gasteiger partial charge in [0.05, 0.1) is 6.54 Å². The first kappa shape index (κ1) is 15.6. The van der Waals surface area contributed by atoms with Gasteiger partial charge in [-0.1, -0.05) is 72.3 Å². The summed E-state index contributed by atoms with van der Waals surface area (Å²) in [6, 6.07) is 24.8. The average molecular weight is 346 g/mol. The fraction of sp³-hybridized carbons (Fsp3) is 0.0476. The van der Waals surface area contributed by atoms with E-state index < -0.39 is 0 Å². The van der Waals surface area contributed by atoms with Gasteiger partial charge in [0, 0.05) is 5.02 Å². The van der Waals surface area contributed by atoms with Gasteiger partial charge in [0.25, 0.3) is 0 Å². The zero-order valence-corrected chi connectivity index (χ0v) is 14.3. The first-order chi connectivity index (χ1) is 12.3. The van der Waals surface area contributed by atoms with Crippen LogP contribution < -0.4 is 0 Å². The molecule has 0 aliphatic heterocycles. The van der Waals surface area contributed by atoms with Crippen molar-refractivity contribution in [2.45, 2.75) is 6.54 Å².